The molecule has 0 radical (unpaired) electrons. The van der Waals surface area contributed by atoms with E-state index in [0.717, 1.165) is 11.8 Å². The predicted octanol–water partition coefficient (Wildman–Crippen LogP) is 3.32. The quantitative estimate of drug-likeness (QED) is 0.623. The molecule has 2 rings (SSSR count). The molecule has 0 saturated heterocycles. The van der Waals surface area contributed by atoms with Crippen LogP contribution in [0.25, 0.3) is 0 Å². The monoisotopic (exact) mass is 170 g/mol. The van der Waals surface area contributed by atoms with Crippen LogP contribution in [-0.2, 0) is 0 Å². The van der Waals surface area contributed by atoms with Crippen molar-refractivity contribution < 1.29 is 0 Å². The van der Waals surface area contributed by atoms with Crippen LogP contribution >= 0.6 is 11.8 Å². The highest BCUT2D eigenvalue weighted by Crippen LogP contribution is 2.33. The highest BCUT2D eigenvalue weighted by atomic mass is 32.2. The summed E-state index contributed by atoms with van der Waals surface area (Å²) in [5, 5.41) is 0. The van der Waals surface area contributed by atoms with Gasteiger partial charge >= 0.3 is 0 Å². The van der Waals surface area contributed by atoms with Crippen LogP contribution in [0.4, 0.5) is 0 Å². The van der Waals surface area contributed by atoms with Crippen molar-refractivity contribution in [2.24, 2.45) is 11.8 Å². The molecular formula is C10H18S. The maximum Gasteiger partial charge on any atom is -0.00390 e. The molecule has 0 bridgehead atoms. The predicted molar refractivity (Wildman–Crippen MR) is 52.0 cm³/mol. The van der Waals surface area contributed by atoms with Gasteiger partial charge in [0.05, 0.1) is 0 Å². The highest BCUT2D eigenvalue weighted by Gasteiger charge is 2.20. The summed E-state index contributed by atoms with van der Waals surface area (Å²) in [6.45, 7) is 0. The van der Waals surface area contributed by atoms with Crippen molar-refractivity contribution >= 4 is 11.8 Å². The van der Waals surface area contributed by atoms with Gasteiger partial charge in [-0.15, -0.1) is 0 Å². The van der Waals surface area contributed by atoms with Gasteiger partial charge in [-0.2, -0.15) is 11.8 Å². The molecule has 0 unspecified atom stereocenters. The Morgan fingerprint density at radius 1 is 0.818 bits per heavy atom. The van der Waals surface area contributed by atoms with Gasteiger partial charge in [-0.25, -0.2) is 0 Å². The first-order chi connectivity index (χ1) is 5.45. The van der Waals surface area contributed by atoms with Gasteiger partial charge in [0.25, 0.3) is 0 Å². The summed E-state index contributed by atoms with van der Waals surface area (Å²) in [6.07, 6.45) is 9.12. The Kier molecular flexibility index (Phi) is 2.78. The van der Waals surface area contributed by atoms with E-state index in [1.54, 1.807) is 0 Å². The number of thioether (sulfide) groups is 1. The second kappa shape index (κ2) is 3.84. The number of hydrogen-bond acceptors (Lipinski definition) is 1. The second-order valence-corrected chi connectivity index (χ2v) is 5.21. The topological polar surface area (TPSA) is 0 Å². The minimum atomic E-state index is 1.11. The molecule has 2 fully saturated rings. The van der Waals surface area contributed by atoms with Gasteiger partial charge in [-0.05, 0) is 49.0 Å². The molecule has 0 aliphatic heterocycles. The molecule has 0 N–H and O–H groups in total. The van der Waals surface area contributed by atoms with E-state index in [1.165, 1.54) is 50.0 Å². The maximum atomic E-state index is 2.22. The van der Waals surface area contributed by atoms with E-state index in [2.05, 4.69) is 11.8 Å². The summed E-state index contributed by atoms with van der Waals surface area (Å²) in [6, 6.07) is 0. The standard InChI is InChI=1S/C10H18S/c1-3-9(4-1)7-11-8-10-5-2-6-10/h9-10H,1-8H2. The summed E-state index contributed by atoms with van der Waals surface area (Å²) >= 11 is 2.22. The minimum Gasteiger partial charge on any atom is -0.161 e. The first-order valence-corrected chi connectivity index (χ1v) is 6.18. The smallest absolute Gasteiger partial charge is 0.00390 e. The lowest BCUT2D eigenvalue weighted by atomic mass is 9.87. The lowest BCUT2D eigenvalue weighted by Crippen LogP contribution is -2.17. The van der Waals surface area contributed by atoms with Gasteiger partial charge in [0.15, 0.2) is 0 Å². The number of rotatable bonds is 4. The van der Waals surface area contributed by atoms with Crippen molar-refractivity contribution in [1.29, 1.82) is 0 Å². The molecule has 0 nitrogen and oxygen atoms in total. The Balaban J connectivity index is 1.46. The molecule has 0 atom stereocenters. The van der Waals surface area contributed by atoms with Crippen molar-refractivity contribution in [2.75, 3.05) is 11.5 Å². The fourth-order valence-electron chi connectivity index (χ4n) is 1.72. The summed E-state index contributed by atoms with van der Waals surface area (Å²) < 4.78 is 0. The van der Waals surface area contributed by atoms with Crippen molar-refractivity contribution in [2.45, 2.75) is 38.5 Å². The fourth-order valence-corrected chi connectivity index (χ4v) is 3.19. The zero-order chi connectivity index (χ0) is 7.52. The molecule has 2 aliphatic carbocycles. The zero-order valence-corrected chi connectivity index (χ0v) is 8.04. The first kappa shape index (κ1) is 7.97. The first-order valence-electron chi connectivity index (χ1n) is 5.03. The van der Waals surface area contributed by atoms with E-state index in [9.17, 15) is 0 Å². The molecule has 1 heteroatoms. The summed E-state index contributed by atoms with van der Waals surface area (Å²) in [5.41, 5.74) is 0. The Labute approximate surface area is 74.1 Å². The molecule has 0 heterocycles. The van der Waals surface area contributed by atoms with Gasteiger partial charge in [0, 0.05) is 0 Å². The summed E-state index contributed by atoms with van der Waals surface area (Å²) in [7, 11) is 0. The van der Waals surface area contributed by atoms with Gasteiger partial charge in [-0.3, -0.25) is 0 Å². The number of hydrogen-bond donors (Lipinski definition) is 0. The van der Waals surface area contributed by atoms with Gasteiger partial charge < -0.3 is 0 Å². The minimum absolute atomic E-state index is 1.11. The Morgan fingerprint density at radius 2 is 1.27 bits per heavy atom. The molecule has 0 aromatic heterocycles. The average Bonchev–Trinajstić information content (AvgIpc) is 1.79. The second-order valence-electron chi connectivity index (χ2n) is 4.13. The van der Waals surface area contributed by atoms with Crippen LogP contribution in [0.1, 0.15) is 38.5 Å². The lowest BCUT2D eigenvalue weighted by molar-refractivity contribution is 0.344. The van der Waals surface area contributed by atoms with Crippen LogP contribution in [0.2, 0.25) is 0 Å². The van der Waals surface area contributed by atoms with Crippen molar-refractivity contribution in [1.82, 2.24) is 0 Å². The van der Waals surface area contributed by atoms with Crippen LogP contribution in [-0.4, -0.2) is 11.5 Å². The van der Waals surface area contributed by atoms with E-state index >= 15 is 0 Å². The molecule has 2 aliphatic rings. The van der Waals surface area contributed by atoms with Gasteiger partial charge in [0.2, 0.25) is 0 Å². The van der Waals surface area contributed by atoms with E-state index in [4.69, 9.17) is 0 Å². The maximum absolute atomic E-state index is 2.22. The Bertz CT molecular complexity index is 100. The van der Waals surface area contributed by atoms with Crippen LogP contribution < -0.4 is 0 Å². The molecule has 64 valence electrons. The third-order valence-corrected chi connectivity index (χ3v) is 4.57. The molecular weight excluding hydrogens is 152 g/mol. The lowest BCUT2D eigenvalue weighted by Gasteiger charge is -2.28. The summed E-state index contributed by atoms with van der Waals surface area (Å²) in [4.78, 5) is 0. The van der Waals surface area contributed by atoms with Gasteiger partial charge in [-0.1, -0.05) is 12.8 Å². The van der Waals surface area contributed by atoms with Crippen LogP contribution in [0.5, 0.6) is 0 Å². The SMILES string of the molecule is C1CC(CSCC2CCC2)C1. The van der Waals surface area contributed by atoms with Crippen molar-refractivity contribution in [3.05, 3.63) is 0 Å². The largest absolute Gasteiger partial charge is 0.161 e. The van der Waals surface area contributed by atoms with Crippen molar-refractivity contribution in [3.8, 4) is 0 Å². The Hall–Kier alpha value is 0.350. The molecule has 0 aromatic carbocycles. The zero-order valence-electron chi connectivity index (χ0n) is 7.22. The molecule has 2 saturated carbocycles. The summed E-state index contributed by atoms with van der Waals surface area (Å²) in [5.74, 6) is 5.16. The Morgan fingerprint density at radius 3 is 1.55 bits per heavy atom. The molecule has 0 aromatic rings. The third-order valence-electron chi connectivity index (χ3n) is 3.16. The van der Waals surface area contributed by atoms with Crippen LogP contribution in [0.15, 0.2) is 0 Å². The van der Waals surface area contributed by atoms with E-state index in [0.29, 0.717) is 0 Å². The molecule has 11 heavy (non-hydrogen) atoms. The van der Waals surface area contributed by atoms with Crippen LogP contribution in [0, 0.1) is 11.8 Å². The van der Waals surface area contributed by atoms with Crippen molar-refractivity contribution in [3.63, 3.8) is 0 Å². The normalized spacial score (nSPS) is 26.2. The fraction of sp³-hybridized carbons (Fsp3) is 1.00. The third kappa shape index (κ3) is 2.14. The highest BCUT2D eigenvalue weighted by molar-refractivity contribution is 7.99. The van der Waals surface area contributed by atoms with E-state index in [1.807, 2.05) is 0 Å². The average molecular weight is 170 g/mol. The molecule has 0 amide bonds. The van der Waals surface area contributed by atoms with Crippen LogP contribution in [0.3, 0.4) is 0 Å². The van der Waals surface area contributed by atoms with Gasteiger partial charge in [0.1, 0.15) is 0 Å². The molecule has 0 spiro atoms. The van der Waals surface area contributed by atoms with E-state index < -0.39 is 0 Å². The van der Waals surface area contributed by atoms with E-state index in [-0.39, 0.29) is 0 Å².